The Kier molecular flexibility index (Phi) is 6.19. The van der Waals surface area contributed by atoms with E-state index in [2.05, 4.69) is 4.72 Å². The van der Waals surface area contributed by atoms with Gasteiger partial charge in [-0.05, 0) is 11.4 Å². The first-order valence-electron chi connectivity index (χ1n) is 5.33. The van der Waals surface area contributed by atoms with Gasteiger partial charge in [-0.3, -0.25) is 0 Å². The summed E-state index contributed by atoms with van der Waals surface area (Å²) in [7, 11) is -0.497. The van der Waals surface area contributed by atoms with Crippen molar-refractivity contribution in [1.82, 2.24) is 4.72 Å². The van der Waals surface area contributed by atoms with Gasteiger partial charge in [-0.25, -0.2) is 13.1 Å². The molecule has 0 radical (unpaired) electrons. The summed E-state index contributed by atoms with van der Waals surface area (Å²) in [5.74, 6) is 0. The van der Waals surface area contributed by atoms with Gasteiger partial charge >= 0.3 is 0 Å². The Labute approximate surface area is 111 Å². The van der Waals surface area contributed by atoms with Crippen LogP contribution in [0.2, 0.25) is 0 Å². The third kappa shape index (κ3) is 4.01. The molecule has 0 aliphatic rings. The second-order valence-electron chi connectivity index (χ2n) is 3.58. The number of nitrogens with one attached hydrogen (secondary N) is 1. The van der Waals surface area contributed by atoms with Crippen LogP contribution in [-0.4, -0.2) is 41.9 Å². The molecule has 0 saturated heterocycles. The monoisotopic (exact) mass is 294 g/mol. The Morgan fingerprint density at radius 2 is 2.22 bits per heavy atom. The molecule has 1 atom stereocenters. The minimum atomic E-state index is -3.54. The van der Waals surface area contributed by atoms with E-state index in [9.17, 15) is 8.42 Å². The van der Waals surface area contributed by atoms with Crippen molar-refractivity contribution in [3.8, 4) is 0 Å². The third-order valence-electron chi connectivity index (χ3n) is 2.37. The fourth-order valence-corrected chi connectivity index (χ4v) is 3.79. The third-order valence-corrected chi connectivity index (χ3v) is 4.95. The lowest BCUT2D eigenvalue weighted by molar-refractivity contribution is 0.0320. The largest absolute Gasteiger partial charge is 0.382 e. The molecule has 0 spiro atoms. The van der Waals surface area contributed by atoms with Crippen LogP contribution in [0.15, 0.2) is 16.3 Å². The maximum atomic E-state index is 12.0. The van der Waals surface area contributed by atoms with Crippen molar-refractivity contribution < 1.29 is 17.9 Å². The summed E-state index contributed by atoms with van der Waals surface area (Å²) >= 11 is 1.33. The van der Waals surface area contributed by atoms with Crippen LogP contribution in [0.1, 0.15) is 4.88 Å². The summed E-state index contributed by atoms with van der Waals surface area (Å²) in [5.41, 5.74) is 5.50. The van der Waals surface area contributed by atoms with Crippen molar-refractivity contribution in [3.63, 3.8) is 0 Å². The Morgan fingerprint density at radius 1 is 1.50 bits per heavy atom. The van der Waals surface area contributed by atoms with E-state index in [1.54, 1.807) is 11.4 Å². The quantitative estimate of drug-likeness (QED) is 0.712. The SMILES string of the molecule is COCC(CNS(=O)(=O)c1ccsc1CN)OC. The highest BCUT2D eigenvalue weighted by Gasteiger charge is 2.20. The van der Waals surface area contributed by atoms with E-state index in [1.807, 2.05) is 0 Å². The van der Waals surface area contributed by atoms with E-state index in [1.165, 1.54) is 25.6 Å². The zero-order valence-corrected chi connectivity index (χ0v) is 12.0. The van der Waals surface area contributed by atoms with Crippen LogP contribution in [-0.2, 0) is 26.0 Å². The second-order valence-corrected chi connectivity index (χ2v) is 6.31. The summed E-state index contributed by atoms with van der Waals surface area (Å²) in [6.07, 6.45) is -0.315. The Hall–Kier alpha value is -0.510. The fraction of sp³-hybridized carbons (Fsp3) is 0.600. The Balaban J connectivity index is 2.71. The molecule has 1 rings (SSSR count). The molecule has 0 aliphatic heterocycles. The average molecular weight is 294 g/mol. The molecule has 1 aromatic rings. The summed E-state index contributed by atoms with van der Waals surface area (Å²) in [6, 6.07) is 1.55. The standard InChI is InChI=1S/C10H18N2O4S2/c1-15-7-8(16-2)6-12-18(13,14)10-3-4-17-9(10)5-11/h3-4,8,12H,5-7,11H2,1-2H3. The summed E-state index contributed by atoms with van der Waals surface area (Å²) in [4.78, 5) is 0.880. The summed E-state index contributed by atoms with van der Waals surface area (Å²) in [5, 5.41) is 1.71. The first-order chi connectivity index (χ1) is 8.55. The topological polar surface area (TPSA) is 90.7 Å². The number of sulfonamides is 1. The second kappa shape index (κ2) is 7.17. The van der Waals surface area contributed by atoms with Gasteiger partial charge in [0.1, 0.15) is 0 Å². The number of hydrogen-bond acceptors (Lipinski definition) is 6. The highest BCUT2D eigenvalue weighted by molar-refractivity contribution is 7.89. The minimum absolute atomic E-state index is 0.159. The van der Waals surface area contributed by atoms with Gasteiger partial charge in [0.15, 0.2) is 0 Å². The van der Waals surface area contributed by atoms with Crippen LogP contribution in [0.5, 0.6) is 0 Å². The minimum Gasteiger partial charge on any atom is -0.382 e. The van der Waals surface area contributed by atoms with Gasteiger partial charge in [0.25, 0.3) is 0 Å². The molecular formula is C10H18N2O4S2. The molecule has 3 N–H and O–H groups in total. The van der Waals surface area contributed by atoms with Crippen molar-refractivity contribution >= 4 is 21.4 Å². The maximum Gasteiger partial charge on any atom is 0.241 e. The highest BCUT2D eigenvalue weighted by Crippen LogP contribution is 2.20. The normalized spacial score (nSPS) is 13.7. The van der Waals surface area contributed by atoms with E-state index in [0.29, 0.717) is 11.5 Å². The first-order valence-corrected chi connectivity index (χ1v) is 7.69. The van der Waals surface area contributed by atoms with Crippen molar-refractivity contribution in [3.05, 3.63) is 16.3 Å². The van der Waals surface area contributed by atoms with Gasteiger partial charge in [0.05, 0.1) is 17.6 Å². The molecule has 0 bridgehead atoms. The number of ether oxygens (including phenoxy) is 2. The van der Waals surface area contributed by atoms with Crippen molar-refractivity contribution in [2.45, 2.75) is 17.5 Å². The van der Waals surface area contributed by atoms with E-state index < -0.39 is 10.0 Å². The number of thiophene rings is 1. The van der Waals surface area contributed by atoms with Crippen LogP contribution in [0, 0.1) is 0 Å². The van der Waals surface area contributed by atoms with Gasteiger partial charge in [0, 0.05) is 32.2 Å². The van der Waals surface area contributed by atoms with Gasteiger partial charge < -0.3 is 15.2 Å². The van der Waals surface area contributed by atoms with Crippen molar-refractivity contribution in [2.75, 3.05) is 27.4 Å². The molecule has 0 aromatic carbocycles. The van der Waals surface area contributed by atoms with E-state index in [-0.39, 0.29) is 24.1 Å². The molecule has 1 aromatic heterocycles. The molecule has 0 fully saturated rings. The van der Waals surface area contributed by atoms with Gasteiger partial charge in [-0.1, -0.05) is 0 Å². The molecule has 0 amide bonds. The summed E-state index contributed by atoms with van der Waals surface area (Å²) < 4.78 is 36.6. The van der Waals surface area contributed by atoms with Crippen LogP contribution < -0.4 is 10.5 Å². The average Bonchev–Trinajstić information content (AvgIpc) is 2.83. The maximum absolute atomic E-state index is 12.0. The molecule has 1 unspecified atom stereocenters. The molecule has 18 heavy (non-hydrogen) atoms. The van der Waals surface area contributed by atoms with E-state index in [4.69, 9.17) is 15.2 Å². The zero-order valence-electron chi connectivity index (χ0n) is 10.4. The molecule has 1 heterocycles. The fourth-order valence-electron chi connectivity index (χ4n) is 1.39. The smallest absolute Gasteiger partial charge is 0.241 e. The van der Waals surface area contributed by atoms with Gasteiger partial charge in [-0.2, -0.15) is 0 Å². The first kappa shape index (κ1) is 15.5. The predicted octanol–water partition coefficient (Wildman–Crippen LogP) is 0.146. The molecule has 0 saturated carbocycles. The zero-order chi connectivity index (χ0) is 13.6. The molecule has 104 valence electrons. The van der Waals surface area contributed by atoms with Crippen molar-refractivity contribution in [2.24, 2.45) is 5.73 Å². The van der Waals surface area contributed by atoms with Gasteiger partial charge in [0.2, 0.25) is 10.0 Å². The number of methoxy groups -OCH3 is 2. The highest BCUT2D eigenvalue weighted by atomic mass is 32.2. The lowest BCUT2D eigenvalue weighted by Gasteiger charge is -2.15. The van der Waals surface area contributed by atoms with Crippen LogP contribution in [0.4, 0.5) is 0 Å². The van der Waals surface area contributed by atoms with Crippen LogP contribution >= 0.6 is 11.3 Å². The Morgan fingerprint density at radius 3 is 2.78 bits per heavy atom. The molecule has 8 heteroatoms. The lowest BCUT2D eigenvalue weighted by atomic mass is 10.4. The number of hydrogen-bond donors (Lipinski definition) is 2. The molecule has 6 nitrogen and oxygen atoms in total. The van der Waals surface area contributed by atoms with Crippen LogP contribution in [0.3, 0.4) is 0 Å². The predicted molar refractivity (Wildman–Crippen MR) is 70.1 cm³/mol. The van der Waals surface area contributed by atoms with Gasteiger partial charge in [-0.15, -0.1) is 11.3 Å². The Bertz CT molecular complexity index is 458. The summed E-state index contributed by atoms with van der Waals surface area (Å²) in [6.45, 7) is 0.693. The van der Waals surface area contributed by atoms with E-state index >= 15 is 0 Å². The molecule has 0 aliphatic carbocycles. The van der Waals surface area contributed by atoms with E-state index in [0.717, 1.165) is 0 Å². The number of nitrogens with two attached hydrogens (primary N) is 1. The molecular weight excluding hydrogens is 276 g/mol. The van der Waals surface area contributed by atoms with Crippen molar-refractivity contribution in [1.29, 1.82) is 0 Å². The number of rotatable bonds is 8. The van der Waals surface area contributed by atoms with Crippen LogP contribution in [0.25, 0.3) is 0 Å². The lowest BCUT2D eigenvalue weighted by Crippen LogP contribution is -2.35.